The average Bonchev–Trinajstić information content (AvgIpc) is 2.98. The molecule has 7 nitrogen and oxygen atoms in total. The lowest BCUT2D eigenvalue weighted by molar-refractivity contribution is -0.00521. The highest BCUT2D eigenvalue weighted by atomic mass is 16.5. The van der Waals surface area contributed by atoms with E-state index in [9.17, 15) is 4.79 Å². The Labute approximate surface area is 148 Å². The van der Waals surface area contributed by atoms with E-state index in [0.717, 1.165) is 30.0 Å². The first-order chi connectivity index (χ1) is 12.0. The summed E-state index contributed by atoms with van der Waals surface area (Å²) in [7, 11) is 1.85. The van der Waals surface area contributed by atoms with Gasteiger partial charge in [0.2, 0.25) is 0 Å². The number of amides is 2. The Morgan fingerprint density at radius 3 is 2.52 bits per heavy atom. The number of carbonyl (C=O) groups is 1. The Morgan fingerprint density at radius 1 is 1.24 bits per heavy atom. The van der Waals surface area contributed by atoms with Crippen LogP contribution in [0.2, 0.25) is 0 Å². The second-order valence-electron chi connectivity index (χ2n) is 6.54. The molecule has 0 saturated carbocycles. The molecule has 0 spiro atoms. The smallest absolute Gasteiger partial charge is 0.319 e. The number of aromatic nitrogens is 2. The van der Waals surface area contributed by atoms with E-state index in [1.807, 2.05) is 37.5 Å². The SMILES string of the molecule is C[C@@H]1CN(c2ccc(NC(=O)NCc3cnn(C)c3)cc2)C[C@H](C)O1. The molecule has 1 aliphatic rings. The second-order valence-corrected chi connectivity index (χ2v) is 6.54. The van der Waals surface area contributed by atoms with Gasteiger partial charge in [-0.25, -0.2) is 4.79 Å². The molecule has 2 heterocycles. The standard InChI is InChI=1S/C18H25N5O2/c1-13-10-23(11-14(2)25-13)17-6-4-16(5-7-17)21-18(24)19-8-15-9-20-22(3)12-15/h4-7,9,12-14H,8,10-11H2,1-3H3,(H2,19,21,24)/t13-,14+. The number of urea groups is 1. The maximum absolute atomic E-state index is 12.0. The maximum Gasteiger partial charge on any atom is 0.319 e. The molecule has 2 amide bonds. The number of nitrogens with zero attached hydrogens (tertiary/aromatic N) is 3. The third-order valence-corrected chi connectivity index (χ3v) is 4.12. The summed E-state index contributed by atoms with van der Waals surface area (Å²) in [5, 5.41) is 9.74. The van der Waals surface area contributed by atoms with Crippen molar-refractivity contribution in [3.63, 3.8) is 0 Å². The molecule has 1 fully saturated rings. The Bertz CT molecular complexity index is 703. The first kappa shape index (κ1) is 17.3. The molecule has 0 unspecified atom stereocenters. The Hall–Kier alpha value is -2.54. The van der Waals surface area contributed by atoms with Gasteiger partial charge >= 0.3 is 6.03 Å². The van der Waals surface area contributed by atoms with Gasteiger partial charge in [0.25, 0.3) is 0 Å². The summed E-state index contributed by atoms with van der Waals surface area (Å²) in [6.07, 6.45) is 4.05. The fraction of sp³-hybridized carbons (Fsp3) is 0.444. The van der Waals surface area contributed by atoms with Crippen molar-refractivity contribution in [1.82, 2.24) is 15.1 Å². The van der Waals surface area contributed by atoms with E-state index in [-0.39, 0.29) is 18.2 Å². The van der Waals surface area contributed by atoms with Crippen LogP contribution in [0.4, 0.5) is 16.2 Å². The van der Waals surface area contributed by atoms with E-state index in [0.29, 0.717) is 6.54 Å². The third kappa shape index (κ3) is 4.73. The lowest BCUT2D eigenvalue weighted by Gasteiger charge is -2.36. The summed E-state index contributed by atoms with van der Waals surface area (Å²) in [5.41, 5.74) is 2.87. The molecule has 0 aliphatic carbocycles. The normalized spacial score (nSPS) is 20.4. The molecule has 3 rings (SSSR count). The van der Waals surface area contributed by atoms with Crippen LogP contribution in [0.15, 0.2) is 36.7 Å². The number of morpholine rings is 1. The first-order valence-corrected chi connectivity index (χ1v) is 8.52. The van der Waals surface area contributed by atoms with Gasteiger partial charge in [0.15, 0.2) is 0 Å². The van der Waals surface area contributed by atoms with E-state index < -0.39 is 0 Å². The molecule has 1 aromatic carbocycles. The number of carbonyl (C=O) groups excluding carboxylic acids is 1. The third-order valence-electron chi connectivity index (χ3n) is 4.12. The number of hydrogen-bond donors (Lipinski definition) is 2. The zero-order chi connectivity index (χ0) is 17.8. The van der Waals surface area contributed by atoms with Gasteiger partial charge in [-0.15, -0.1) is 0 Å². The highest BCUT2D eigenvalue weighted by molar-refractivity contribution is 5.89. The van der Waals surface area contributed by atoms with Crippen LogP contribution in [0, 0.1) is 0 Å². The van der Waals surface area contributed by atoms with Gasteiger partial charge < -0.3 is 20.3 Å². The number of benzene rings is 1. The molecule has 1 aliphatic heterocycles. The van der Waals surface area contributed by atoms with Gasteiger partial charge in [-0.2, -0.15) is 5.10 Å². The highest BCUT2D eigenvalue weighted by Gasteiger charge is 2.22. The van der Waals surface area contributed by atoms with Gasteiger partial charge in [-0.3, -0.25) is 4.68 Å². The van der Waals surface area contributed by atoms with Crippen molar-refractivity contribution in [2.75, 3.05) is 23.3 Å². The summed E-state index contributed by atoms with van der Waals surface area (Å²) >= 11 is 0. The van der Waals surface area contributed by atoms with Crippen molar-refractivity contribution in [2.24, 2.45) is 7.05 Å². The van der Waals surface area contributed by atoms with Crippen molar-refractivity contribution in [3.8, 4) is 0 Å². The summed E-state index contributed by atoms with van der Waals surface area (Å²) in [6, 6.07) is 7.67. The number of nitrogens with one attached hydrogen (secondary N) is 2. The molecule has 0 radical (unpaired) electrons. The van der Waals surface area contributed by atoms with Crippen molar-refractivity contribution in [3.05, 3.63) is 42.2 Å². The molecule has 2 aromatic rings. The number of rotatable bonds is 4. The van der Waals surface area contributed by atoms with Crippen LogP contribution in [0.1, 0.15) is 19.4 Å². The zero-order valence-electron chi connectivity index (χ0n) is 14.9. The Kier molecular flexibility index (Phi) is 5.23. The Balaban J connectivity index is 1.52. The zero-order valence-corrected chi connectivity index (χ0v) is 14.9. The van der Waals surface area contributed by atoms with Crippen LogP contribution in [0.5, 0.6) is 0 Å². The van der Waals surface area contributed by atoms with Gasteiger partial charge in [0.05, 0.1) is 18.4 Å². The van der Waals surface area contributed by atoms with Crippen molar-refractivity contribution >= 4 is 17.4 Å². The number of aryl methyl sites for hydroxylation is 1. The van der Waals surface area contributed by atoms with E-state index >= 15 is 0 Å². The predicted molar refractivity (Wildman–Crippen MR) is 97.7 cm³/mol. The van der Waals surface area contributed by atoms with Crippen molar-refractivity contribution < 1.29 is 9.53 Å². The molecule has 1 saturated heterocycles. The van der Waals surface area contributed by atoms with Crippen LogP contribution >= 0.6 is 0 Å². The molecule has 0 bridgehead atoms. The molecule has 2 atom stereocenters. The predicted octanol–water partition coefficient (Wildman–Crippen LogP) is 2.36. The molecule has 134 valence electrons. The number of ether oxygens (including phenoxy) is 1. The average molecular weight is 343 g/mol. The quantitative estimate of drug-likeness (QED) is 0.894. The van der Waals surface area contributed by atoms with Crippen LogP contribution < -0.4 is 15.5 Å². The minimum atomic E-state index is -0.231. The van der Waals surface area contributed by atoms with Crippen LogP contribution in [0.3, 0.4) is 0 Å². The van der Waals surface area contributed by atoms with Crippen molar-refractivity contribution in [2.45, 2.75) is 32.6 Å². The molecular weight excluding hydrogens is 318 g/mol. The molecule has 1 aromatic heterocycles. The number of hydrogen-bond acceptors (Lipinski definition) is 4. The van der Waals surface area contributed by atoms with Gasteiger partial charge in [0.1, 0.15) is 0 Å². The molecule has 7 heteroatoms. The summed E-state index contributed by atoms with van der Waals surface area (Å²) < 4.78 is 7.48. The van der Waals surface area contributed by atoms with Crippen LogP contribution in [-0.4, -0.2) is 41.1 Å². The van der Waals surface area contributed by atoms with E-state index in [2.05, 4.69) is 34.5 Å². The maximum atomic E-state index is 12.0. The van der Waals surface area contributed by atoms with E-state index in [1.165, 1.54) is 0 Å². The van der Waals surface area contributed by atoms with Gasteiger partial charge in [0, 0.05) is 49.8 Å². The molecule has 2 N–H and O–H groups in total. The second kappa shape index (κ2) is 7.57. The fourth-order valence-corrected chi connectivity index (χ4v) is 3.07. The minimum absolute atomic E-state index is 0.222. The highest BCUT2D eigenvalue weighted by Crippen LogP contribution is 2.22. The number of anilines is 2. The summed E-state index contributed by atoms with van der Waals surface area (Å²) in [6.45, 7) is 6.38. The van der Waals surface area contributed by atoms with Crippen molar-refractivity contribution in [1.29, 1.82) is 0 Å². The van der Waals surface area contributed by atoms with Gasteiger partial charge in [-0.05, 0) is 38.1 Å². The summed E-state index contributed by atoms with van der Waals surface area (Å²) in [5.74, 6) is 0. The van der Waals surface area contributed by atoms with E-state index in [4.69, 9.17) is 4.74 Å². The molecular formula is C18H25N5O2. The van der Waals surface area contributed by atoms with Gasteiger partial charge in [-0.1, -0.05) is 0 Å². The summed E-state index contributed by atoms with van der Waals surface area (Å²) in [4.78, 5) is 14.3. The minimum Gasteiger partial charge on any atom is -0.372 e. The van der Waals surface area contributed by atoms with Crippen LogP contribution in [-0.2, 0) is 18.3 Å². The Morgan fingerprint density at radius 2 is 1.92 bits per heavy atom. The lowest BCUT2D eigenvalue weighted by Crippen LogP contribution is -2.45. The lowest BCUT2D eigenvalue weighted by atomic mass is 10.2. The van der Waals surface area contributed by atoms with E-state index in [1.54, 1.807) is 10.9 Å². The first-order valence-electron chi connectivity index (χ1n) is 8.52. The molecule has 25 heavy (non-hydrogen) atoms. The topological polar surface area (TPSA) is 71.4 Å². The monoisotopic (exact) mass is 343 g/mol. The fourth-order valence-electron chi connectivity index (χ4n) is 3.07. The van der Waals surface area contributed by atoms with Crippen LogP contribution in [0.25, 0.3) is 0 Å². The largest absolute Gasteiger partial charge is 0.372 e.